The van der Waals surface area contributed by atoms with Crippen molar-refractivity contribution in [3.8, 4) is 23.7 Å². The third-order valence-corrected chi connectivity index (χ3v) is 3.98. The molecule has 26 heavy (non-hydrogen) atoms. The van der Waals surface area contributed by atoms with Gasteiger partial charge in [-0.1, -0.05) is 23.6 Å². The van der Waals surface area contributed by atoms with Crippen LogP contribution in [0.15, 0.2) is 65.1 Å². The normalized spacial score (nSPS) is 10.2. The van der Waals surface area contributed by atoms with Crippen LogP contribution in [0.5, 0.6) is 0 Å². The first kappa shape index (κ1) is 17.7. The Morgan fingerprint density at radius 2 is 1.92 bits per heavy atom. The number of hydrogen-bond donors (Lipinski definition) is 2. The second-order valence-electron chi connectivity index (χ2n) is 5.63. The van der Waals surface area contributed by atoms with Crippen molar-refractivity contribution in [2.75, 3.05) is 11.9 Å². The molecule has 1 amide bonds. The van der Waals surface area contributed by atoms with Gasteiger partial charge in [0.15, 0.2) is 0 Å². The topological polar surface area (TPSA) is 54.3 Å². The van der Waals surface area contributed by atoms with E-state index in [0.717, 1.165) is 22.6 Å². The van der Waals surface area contributed by atoms with Gasteiger partial charge in [0.05, 0.1) is 13.1 Å². The van der Waals surface area contributed by atoms with Crippen molar-refractivity contribution < 1.29 is 9.21 Å². The van der Waals surface area contributed by atoms with E-state index in [1.54, 1.807) is 0 Å². The van der Waals surface area contributed by atoms with Gasteiger partial charge in [0.2, 0.25) is 5.91 Å². The number of furan rings is 1. The van der Waals surface area contributed by atoms with Crippen molar-refractivity contribution in [1.29, 1.82) is 0 Å². The lowest BCUT2D eigenvalue weighted by molar-refractivity contribution is -0.119. The van der Waals surface area contributed by atoms with E-state index in [1.807, 2.05) is 60.7 Å². The molecule has 5 heteroatoms. The summed E-state index contributed by atoms with van der Waals surface area (Å²) in [5, 5.41) is 6.53. The Kier molecular flexibility index (Phi) is 5.62. The summed E-state index contributed by atoms with van der Waals surface area (Å²) in [4.78, 5) is 12.0. The molecule has 3 rings (SSSR count). The van der Waals surface area contributed by atoms with E-state index >= 15 is 0 Å². The van der Waals surface area contributed by atoms with Crippen molar-refractivity contribution in [3.63, 3.8) is 0 Å². The maximum Gasteiger partial charge on any atom is 0.239 e. The van der Waals surface area contributed by atoms with Crippen molar-refractivity contribution in [3.05, 3.63) is 77.0 Å². The molecule has 0 unspecified atom stereocenters. The highest BCUT2D eigenvalue weighted by atomic mass is 35.5. The number of halogens is 1. The summed E-state index contributed by atoms with van der Waals surface area (Å²) in [6.07, 6.45) is 5.36. The number of nitrogens with one attached hydrogen (secondary N) is 2. The summed E-state index contributed by atoms with van der Waals surface area (Å²) in [7, 11) is 0. The number of hydrogen-bond acceptors (Lipinski definition) is 3. The molecule has 0 radical (unpaired) electrons. The number of benzene rings is 2. The van der Waals surface area contributed by atoms with Gasteiger partial charge >= 0.3 is 0 Å². The van der Waals surface area contributed by atoms with Crippen LogP contribution in [0.4, 0.5) is 5.69 Å². The van der Waals surface area contributed by atoms with Crippen LogP contribution in [0.2, 0.25) is 5.02 Å². The van der Waals surface area contributed by atoms with Gasteiger partial charge in [-0.2, -0.15) is 0 Å². The predicted molar refractivity (Wildman–Crippen MR) is 104 cm³/mol. The lowest BCUT2D eigenvalue weighted by Crippen LogP contribution is -2.29. The van der Waals surface area contributed by atoms with E-state index < -0.39 is 0 Å². The van der Waals surface area contributed by atoms with Gasteiger partial charge in [-0.3, -0.25) is 4.79 Å². The van der Waals surface area contributed by atoms with Crippen LogP contribution >= 0.6 is 11.6 Å². The monoisotopic (exact) mass is 364 g/mol. The molecule has 1 aromatic heterocycles. The van der Waals surface area contributed by atoms with Crippen LogP contribution in [0.25, 0.3) is 11.3 Å². The minimum absolute atomic E-state index is 0.138. The maximum absolute atomic E-state index is 12.0. The Morgan fingerprint density at radius 1 is 1.12 bits per heavy atom. The van der Waals surface area contributed by atoms with Crippen molar-refractivity contribution >= 4 is 23.2 Å². The molecule has 0 saturated carbocycles. The molecular formula is C21H17ClN2O2. The summed E-state index contributed by atoms with van der Waals surface area (Å²) in [6, 6.07) is 18.5. The highest BCUT2D eigenvalue weighted by molar-refractivity contribution is 6.30. The molecule has 0 saturated heterocycles. The number of carbonyl (C=O) groups excluding carboxylic acids is 1. The lowest BCUT2D eigenvalue weighted by Gasteiger charge is -2.07. The number of amides is 1. The average molecular weight is 365 g/mol. The quantitative estimate of drug-likeness (QED) is 0.641. The number of anilines is 1. The highest BCUT2D eigenvalue weighted by Gasteiger charge is 2.07. The third kappa shape index (κ3) is 4.69. The van der Waals surface area contributed by atoms with E-state index in [0.29, 0.717) is 17.3 Å². The lowest BCUT2D eigenvalue weighted by atomic mass is 10.2. The van der Waals surface area contributed by atoms with E-state index in [1.165, 1.54) is 0 Å². The van der Waals surface area contributed by atoms with Crippen LogP contribution in [-0.2, 0) is 11.3 Å². The zero-order valence-corrected chi connectivity index (χ0v) is 14.7. The molecule has 2 N–H and O–H groups in total. The van der Waals surface area contributed by atoms with Gasteiger partial charge in [-0.15, -0.1) is 6.42 Å². The molecule has 1 heterocycles. The summed E-state index contributed by atoms with van der Waals surface area (Å²) in [5.41, 5.74) is 2.50. The SMILES string of the molecule is C#Cc1cccc(NCC(=O)NCc2ccc(-c3ccc(Cl)cc3)o2)c1. The smallest absolute Gasteiger partial charge is 0.239 e. The van der Waals surface area contributed by atoms with Gasteiger partial charge in [0, 0.05) is 21.8 Å². The minimum atomic E-state index is -0.138. The van der Waals surface area contributed by atoms with Gasteiger partial charge in [-0.05, 0) is 54.6 Å². The van der Waals surface area contributed by atoms with Crippen molar-refractivity contribution in [1.82, 2.24) is 5.32 Å². The molecule has 0 aliphatic carbocycles. The van der Waals surface area contributed by atoms with Crippen LogP contribution in [0.3, 0.4) is 0 Å². The predicted octanol–water partition coefficient (Wildman–Crippen LogP) is 4.31. The third-order valence-electron chi connectivity index (χ3n) is 3.73. The fraction of sp³-hybridized carbons (Fsp3) is 0.0952. The van der Waals surface area contributed by atoms with Crippen LogP contribution in [-0.4, -0.2) is 12.5 Å². The second-order valence-corrected chi connectivity index (χ2v) is 6.06. The van der Waals surface area contributed by atoms with Crippen molar-refractivity contribution in [2.24, 2.45) is 0 Å². The van der Waals surface area contributed by atoms with Gasteiger partial charge in [0.1, 0.15) is 11.5 Å². The van der Waals surface area contributed by atoms with Crippen LogP contribution < -0.4 is 10.6 Å². The highest BCUT2D eigenvalue weighted by Crippen LogP contribution is 2.23. The number of carbonyl (C=O) groups is 1. The second kappa shape index (κ2) is 8.28. The Balaban J connectivity index is 1.50. The maximum atomic E-state index is 12.0. The molecule has 130 valence electrons. The standard InChI is InChI=1S/C21H17ClN2O2/c1-2-15-4-3-5-18(12-15)23-14-21(25)24-13-19-10-11-20(26-19)16-6-8-17(22)9-7-16/h1,3-12,23H,13-14H2,(H,24,25). The molecule has 3 aromatic rings. The first-order valence-electron chi connectivity index (χ1n) is 8.06. The summed E-state index contributed by atoms with van der Waals surface area (Å²) < 4.78 is 5.75. The average Bonchev–Trinajstić information content (AvgIpc) is 3.14. The zero-order chi connectivity index (χ0) is 18.4. The molecule has 0 aliphatic rings. The molecule has 0 fully saturated rings. The summed E-state index contributed by atoms with van der Waals surface area (Å²) in [6.45, 7) is 0.470. The molecule has 0 atom stereocenters. The van der Waals surface area contributed by atoms with E-state index in [-0.39, 0.29) is 12.5 Å². The summed E-state index contributed by atoms with van der Waals surface area (Å²) in [5.74, 6) is 3.83. The van der Waals surface area contributed by atoms with E-state index in [9.17, 15) is 4.79 Å². The zero-order valence-electron chi connectivity index (χ0n) is 14.0. The minimum Gasteiger partial charge on any atom is -0.459 e. The number of rotatable bonds is 6. The van der Waals surface area contributed by atoms with Crippen molar-refractivity contribution in [2.45, 2.75) is 6.54 Å². The first-order valence-corrected chi connectivity index (χ1v) is 8.44. The van der Waals surface area contributed by atoms with Gasteiger partial charge in [0.25, 0.3) is 0 Å². The largest absolute Gasteiger partial charge is 0.459 e. The Labute approximate surface area is 157 Å². The van der Waals surface area contributed by atoms with Gasteiger partial charge in [-0.25, -0.2) is 0 Å². The molecule has 2 aromatic carbocycles. The Morgan fingerprint density at radius 3 is 2.69 bits per heavy atom. The molecule has 4 nitrogen and oxygen atoms in total. The van der Waals surface area contributed by atoms with Crippen LogP contribution in [0.1, 0.15) is 11.3 Å². The fourth-order valence-electron chi connectivity index (χ4n) is 2.39. The fourth-order valence-corrected chi connectivity index (χ4v) is 2.52. The number of terminal acetylenes is 1. The Bertz CT molecular complexity index is 939. The van der Waals surface area contributed by atoms with Crippen LogP contribution in [0, 0.1) is 12.3 Å². The van der Waals surface area contributed by atoms with E-state index in [4.69, 9.17) is 22.4 Å². The molecule has 0 bridgehead atoms. The Hall–Kier alpha value is -3.16. The van der Waals surface area contributed by atoms with Gasteiger partial charge < -0.3 is 15.1 Å². The summed E-state index contributed by atoms with van der Waals surface area (Å²) >= 11 is 5.89. The molecule has 0 aliphatic heterocycles. The molecular weight excluding hydrogens is 348 g/mol. The van der Waals surface area contributed by atoms with E-state index in [2.05, 4.69) is 16.6 Å². The first-order chi connectivity index (χ1) is 12.6. The molecule has 0 spiro atoms.